The van der Waals surface area contributed by atoms with Crippen LogP contribution in [0.25, 0.3) is 0 Å². The van der Waals surface area contributed by atoms with Crippen molar-refractivity contribution < 1.29 is 23.7 Å². The lowest BCUT2D eigenvalue weighted by Crippen LogP contribution is -2.39. The first-order valence-corrected chi connectivity index (χ1v) is 11.6. The Morgan fingerprint density at radius 3 is 2.32 bits per heavy atom. The lowest BCUT2D eigenvalue weighted by molar-refractivity contribution is 0.152. The van der Waals surface area contributed by atoms with Gasteiger partial charge in [-0.15, -0.1) is 0 Å². The average Bonchev–Trinajstić information content (AvgIpc) is 2.89. The van der Waals surface area contributed by atoms with E-state index in [1.807, 2.05) is 24.3 Å². The predicted octanol–water partition coefficient (Wildman–Crippen LogP) is 4.96. The van der Waals surface area contributed by atoms with Crippen molar-refractivity contribution in [3.63, 3.8) is 0 Å². The Kier molecular flexibility index (Phi) is 6.24. The van der Waals surface area contributed by atoms with E-state index in [9.17, 15) is 0 Å². The van der Waals surface area contributed by atoms with E-state index in [2.05, 4.69) is 29.2 Å². The molecule has 6 nitrogen and oxygen atoms in total. The summed E-state index contributed by atoms with van der Waals surface area (Å²) in [6, 6.07) is 16.5. The fraction of sp³-hybridized carbons (Fsp3) is 0.357. The Morgan fingerprint density at radius 2 is 1.62 bits per heavy atom. The van der Waals surface area contributed by atoms with Gasteiger partial charge in [0.25, 0.3) is 0 Å². The topological polar surface area (TPSA) is 49.4 Å². The highest BCUT2D eigenvalue weighted by molar-refractivity contribution is 5.62. The maximum absolute atomic E-state index is 6.32. The second kappa shape index (κ2) is 9.47. The summed E-state index contributed by atoms with van der Waals surface area (Å²) in [7, 11) is 6.81. The second-order valence-electron chi connectivity index (χ2n) is 8.70. The van der Waals surface area contributed by atoms with Crippen molar-refractivity contribution in [3.05, 3.63) is 76.3 Å². The normalized spacial score (nSPS) is 16.6. The molecule has 1 atom stereocenters. The summed E-state index contributed by atoms with van der Waals surface area (Å²) in [6.07, 6.45) is 1.77. The van der Waals surface area contributed by atoms with Crippen molar-refractivity contribution in [2.75, 3.05) is 35.0 Å². The van der Waals surface area contributed by atoms with Crippen molar-refractivity contribution in [2.24, 2.45) is 0 Å². The smallest absolute Gasteiger partial charge is 0.204 e. The number of methoxy groups -OCH3 is 4. The van der Waals surface area contributed by atoms with E-state index in [1.54, 1.807) is 28.4 Å². The summed E-state index contributed by atoms with van der Waals surface area (Å²) in [5.41, 5.74) is 6.01. The van der Waals surface area contributed by atoms with E-state index >= 15 is 0 Å². The van der Waals surface area contributed by atoms with Crippen LogP contribution >= 0.6 is 0 Å². The SMILES string of the molecule is COc1cc2c(c(OC)c1)CN1CCc3cc(OC)c(OCc4ccccc4)c(OC)c3[C@@H]1C2. The Morgan fingerprint density at radius 1 is 0.824 bits per heavy atom. The molecule has 0 aromatic heterocycles. The number of hydrogen-bond donors (Lipinski definition) is 0. The molecule has 0 saturated carbocycles. The van der Waals surface area contributed by atoms with Gasteiger partial charge in [-0.1, -0.05) is 30.3 Å². The molecule has 6 heteroatoms. The minimum Gasteiger partial charge on any atom is -0.497 e. The first-order chi connectivity index (χ1) is 16.7. The highest BCUT2D eigenvalue weighted by Gasteiger charge is 2.37. The number of ether oxygens (including phenoxy) is 5. The van der Waals surface area contributed by atoms with Gasteiger partial charge >= 0.3 is 0 Å². The molecule has 5 rings (SSSR count). The largest absolute Gasteiger partial charge is 0.497 e. The third-order valence-electron chi connectivity index (χ3n) is 6.92. The highest BCUT2D eigenvalue weighted by atomic mass is 16.5. The molecule has 0 spiro atoms. The van der Waals surface area contributed by atoms with Crippen molar-refractivity contribution in [3.8, 4) is 28.7 Å². The summed E-state index contributed by atoms with van der Waals surface area (Å²) < 4.78 is 29.3. The van der Waals surface area contributed by atoms with E-state index in [-0.39, 0.29) is 6.04 Å². The van der Waals surface area contributed by atoms with Gasteiger partial charge in [-0.25, -0.2) is 0 Å². The van der Waals surface area contributed by atoms with E-state index < -0.39 is 0 Å². The molecule has 178 valence electrons. The van der Waals surface area contributed by atoms with Gasteiger partial charge in [0, 0.05) is 36.3 Å². The molecular weight excluding hydrogens is 430 g/mol. The number of benzene rings is 3. The fourth-order valence-corrected chi connectivity index (χ4v) is 5.25. The van der Waals surface area contributed by atoms with Crippen molar-refractivity contribution >= 4 is 0 Å². The van der Waals surface area contributed by atoms with Crippen LogP contribution in [0.4, 0.5) is 0 Å². The van der Waals surface area contributed by atoms with Crippen molar-refractivity contribution in [1.82, 2.24) is 4.90 Å². The molecular formula is C28H31NO5. The molecule has 0 unspecified atom stereocenters. The molecule has 34 heavy (non-hydrogen) atoms. The van der Waals surface area contributed by atoms with Gasteiger partial charge < -0.3 is 23.7 Å². The number of rotatable bonds is 7. The molecule has 3 aromatic rings. The fourth-order valence-electron chi connectivity index (χ4n) is 5.25. The zero-order chi connectivity index (χ0) is 23.7. The molecule has 0 bridgehead atoms. The second-order valence-corrected chi connectivity index (χ2v) is 8.70. The molecule has 2 heterocycles. The maximum atomic E-state index is 6.32. The van der Waals surface area contributed by atoms with Crippen LogP contribution in [0.5, 0.6) is 28.7 Å². The lowest BCUT2D eigenvalue weighted by Gasteiger charge is -2.42. The minimum absolute atomic E-state index is 0.174. The zero-order valence-electron chi connectivity index (χ0n) is 20.2. The Hall–Kier alpha value is -3.38. The van der Waals surface area contributed by atoms with Gasteiger partial charge in [-0.3, -0.25) is 4.90 Å². The van der Waals surface area contributed by atoms with Crippen LogP contribution in [-0.2, 0) is 26.0 Å². The summed E-state index contributed by atoms with van der Waals surface area (Å²) in [5.74, 6) is 3.82. The van der Waals surface area contributed by atoms with E-state index in [1.165, 1.54) is 22.3 Å². The van der Waals surface area contributed by atoms with Gasteiger partial charge in [0.2, 0.25) is 5.75 Å². The van der Waals surface area contributed by atoms with Crippen LogP contribution in [0.1, 0.15) is 33.9 Å². The average molecular weight is 462 g/mol. The highest BCUT2D eigenvalue weighted by Crippen LogP contribution is 2.51. The molecule has 0 radical (unpaired) electrons. The van der Waals surface area contributed by atoms with Crippen LogP contribution in [0, 0.1) is 0 Å². The first-order valence-electron chi connectivity index (χ1n) is 11.6. The van der Waals surface area contributed by atoms with Gasteiger partial charge in [0.05, 0.1) is 28.4 Å². The van der Waals surface area contributed by atoms with Crippen molar-refractivity contribution in [2.45, 2.75) is 32.0 Å². The lowest BCUT2D eigenvalue weighted by atomic mass is 9.83. The van der Waals surface area contributed by atoms with E-state index in [0.29, 0.717) is 18.1 Å². The van der Waals surface area contributed by atoms with Crippen LogP contribution in [0.2, 0.25) is 0 Å². The quantitative estimate of drug-likeness (QED) is 0.496. The summed E-state index contributed by atoms with van der Waals surface area (Å²) in [4.78, 5) is 2.51. The Balaban J connectivity index is 1.56. The number of hydrogen-bond acceptors (Lipinski definition) is 6. The van der Waals surface area contributed by atoms with Gasteiger partial charge in [-0.05, 0) is 41.7 Å². The van der Waals surface area contributed by atoms with E-state index in [0.717, 1.165) is 48.7 Å². The molecule has 0 aliphatic carbocycles. The van der Waals surface area contributed by atoms with Crippen LogP contribution in [0.3, 0.4) is 0 Å². The molecule has 0 N–H and O–H groups in total. The third kappa shape index (κ3) is 3.92. The standard InChI is InChI=1S/C28H31NO5/c1-30-21-12-20-13-23-26-19(10-11-29(23)16-22(20)24(15-21)31-2)14-25(32-3)27(28(26)33-4)34-17-18-8-6-5-7-9-18/h5-9,12,14-15,23H,10-11,13,16-17H2,1-4H3/t23-/m0/s1. The van der Waals surface area contributed by atoms with Gasteiger partial charge in [0.15, 0.2) is 11.5 Å². The Bertz CT molecular complexity index is 1180. The van der Waals surface area contributed by atoms with Gasteiger partial charge in [0.1, 0.15) is 18.1 Å². The van der Waals surface area contributed by atoms with Gasteiger partial charge in [-0.2, -0.15) is 0 Å². The minimum atomic E-state index is 0.174. The van der Waals surface area contributed by atoms with Crippen molar-refractivity contribution in [1.29, 1.82) is 0 Å². The van der Waals surface area contributed by atoms with E-state index in [4.69, 9.17) is 23.7 Å². The maximum Gasteiger partial charge on any atom is 0.204 e. The van der Waals surface area contributed by atoms with Crippen LogP contribution in [0.15, 0.2) is 48.5 Å². The summed E-state index contributed by atoms with van der Waals surface area (Å²) >= 11 is 0. The Labute approximate surface area is 201 Å². The molecule has 3 aromatic carbocycles. The number of fused-ring (bicyclic) bond motifs is 4. The molecule has 2 aliphatic rings. The summed E-state index contributed by atoms with van der Waals surface area (Å²) in [5, 5.41) is 0. The monoisotopic (exact) mass is 461 g/mol. The van der Waals surface area contributed by atoms with Crippen LogP contribution in [-0.4, -0.2) is 39.9 Å². The molecule has 0 saturated heterocycles. The number of nitrogens with zero attached hydrogens (tertiary/aromatic N) is 1. The summed E-state index contributed by atoms with van der Waals surface area (Å²) in [6.45, 7) is 2.22. The molecule has 0 amide bonds. The molecule has 2 aliphatic heterocycles. The molecule has 0 fully saturated rings. The predicted molar refractivity (Wildman–Crippen MR) is 130 cm³/mol. The first kappa shape index (κ1) is 22.4. The third-order valence-corrected chi connectivity index (χ3v) is 6.92. The zero-order valence-corrected chi connectivity index (χ0v) is 20.2. The van der Waals surface area contributed by atoms with Crippen LogP contribution < -0.4 is 23.7 Å².